The lowest BCUT2D eigenvalue weighted by Crippen LogP contribution is -2.40. The van der Waals surface area contributed by atoms with Gasteiger partial charge in [0.25, 0.3) is 0 Å². The van der Waals surface area contributed by atoms with Crippen molar-refractivity contribution in [2.75, 3.05) is 5.32 Å². The van der Waals surface area contributed by atoms with E-state index < -0.39 is 6.04 Å². The van der Waals surface area contributed by atoms with Gasteiger partial charge in [-0.25, -0.2) is 0 Å². The number of pyridine rings is 1. The van der Waals surface area contributed by atoms with E-state index in [1.54, 1.807) is 24.4 Å². The Balaban J connectivity index is 1.82. The Morgan fingerprint density at radius 2 is 1.96 bits per heavy atom. The molecule has 0 saturated heterocycles. The molecule has 0 aliphatic carbocycles. The first-order chi connectivity index (χ1) is 11.7. The van der Waals surface area contributed by atoms with E-state index in [9.17, 15) is 9.59 Å². The average molecular weight is 322 g/mol. The maximum Gasteiger partial charge on any atom is 0.183 e. The van der Waals surface area contributed by atoms with Gasteiger partial charge in [0.1, 0.15) is 5.69 Å². The third-order valence-electron chi connectivity index (χ3n) is 4.54. The highest BCUT2D eigenvalue weighted by molar-refractivity contribution is 6.03. The lowest BCUT2D eigenvalue weighted by Gasteiger charge is -2.31. The van der Waals surface area contributed by atoms with Crippen molar-refractivity contribution >= 4 is 17.3 Å². The van der Waals surface area contributed by atoms with Crippen LogP contribution < -0.4 is 5.32 Å². The van der Waals surface area contributed by atoms with Crippen molar-refractivity contribution in [3.63, 3.8) is 0 Å². The maximum absolute atomic E-state index is 12.9. The van der Waals surface area contributed by atoms with Crippen LogP contribution in [0.5, 0.6) is 0 Å². The number of hydrogen-bond acceptors (Lipinski definition) is 4. The Hall–Kier alpha value is -2.49. The monoisotopic (exact) mass is 322 g/mol. The van der Waals surface area contributed by atoms with Gasteiger partial charge in [0.15, 0.2) is 11.6 Å². The number of carbonyl (C=O) groups is 2. The molecular weight excluding hydrogens is 300 g/mol. The Labute approximate surface area is 142 Å². The number of aromatic nitrogens is 1. The summed E-state index contributed by atoms with van der Waals surface area (Å²) in [4.78, 5) is 29.5. The van der Waals surface area contributed by atoms with Crippen LogP contribution in [0.25, 0.3) is 0 Å². The number of benzene rings is 1. The van der Waals surface area contributed by atoms with Crippen molar-refractivity contribution in [1.82, 2.24) is 4.98 Å². The quantitative estimate of drug-likeness (QED) is 0.817. The second kappa shape index (κ2) is 7.39. The molecule has 1 aromatic heterocycles. The summed E-state index contributed by atoms with van der Waals surface area (Å²) < 4.78 is 0. The molecule has 4 nitrogen and oxygen atoms in total. The minimum absolute atomic E-state index is 0.102. The molecule has 2 unspecified atom stereocenters. The third-order valence-corrected chi connectivity index (χ3v) is 4.54. The van der Waals surface area contributed by atoms with E-state index in [1.807, 2.05) is 24.3 Å². The largest absolute Gasteiger partial charge is 0.375 e. The first-order valence-electron chi connectivity index (χ1n) is 8.54. The lowest BCUT2D eigenvalue weighted by molar-refractivity contribution is -0.121. The summed E-state index contributed by atoms with van der Waals surface area (Å²) >= 11 is 0. The average Bonchev–Trinajstić information content (AvgIpc) is 2.62. The van der Waals surface area contributed by atoms with Crippen LogP contribution in [-0.4, -0.2) is 22.6 Å². The fourth-order valence-corrected chi connectivity index (χ4v) is 3.26. The molecule has 0 saturated carbocycles. The minimum atomic E-state index is -0.476. The standard InChI is InChI=1S/C20H22N2O2/c1-2-3-8-15-14-9-4-5-10-16(14)22-18(20(15)24)13-19(23)17-11-6-7-12-21-17/h4-7,9-12,15,18,22H,2-3,8,13H2,1H3. The van der Waals surface area contributed by atoms with E-state index in [0.29, 0.717) is 5.69 Å². The van der Waals surface area contributed by atoms with E-state index in [1.165, 1.54) is 0 Å². The second-order valence-corrected chi connectivity index (χ2v) is 6.22. The highest BCUT2D eigenvalue weighted by Gasteiger charge is 2.35. The molecule has 0 fully saturated rings. The van der Waals surface area contributed by atoms with Crippen molar-refractivity contribution in [1.29, 1.82) is 0 Å². The molecule has 2 aromatic rings. The molecule has 0 radical (unpaired) electrons. The SMILES string of the molecule is CCCCC1C(=O)C(CC(=O)c2ccccn2)Nc2ccccc21. The first kappa shape index (κ1) is 16.4. The normalized spacial score (nSPS) is 19.5. The molecule has 2 atom stereocenters. The van der Waals surface area contributed by atoms with Crippen molar-refractivity contribution < 1.29 is 9.59 Å². The number of nitrogens with one attached hydrogen (secondary N) is 1. The topological polar surface area (TPSA) is 59.1 Å². The number of ketones is 2. The number of carbonyl (C=O) groups excluding carboxylic acids is 2. The van der Waals surface area contributed by atoms with Gasteiger partial charge in [0.2, 0.25) is 0 Å². The predicted molar refractivity (Wildman–Crippen MR) is 94.3 cm³/mol. The molecule has 1 aliphatic heterocycles. The van der Waals surface area contributed by atoms with Gasteiger partial charge in [0, 0.05) is 24.2 Å². The van der Waals surface area contributed by atoms with E-state index in [0.717, 1.165) is 30.5 Å². The van der Waals surface area contributed by atoms with Gasteiger partial charge >= 0.3 is 0 Å². The summed E-state index contributed by atoms with van der Waals surface area (Å²) in [6.45, 7) is 2.12. The van der Waals surface area contributed by atoms with Gasteiger partial charge in [-0.15, -0.1) is 0 Å². The van der Waals surface area contributed by atoms with Crippen LogP contribution in [0.15, 0.2) is 48.7 Å². The molecule has 0 amide bonds. The lowest BCUT2D eigenvalue weighted by atomic mass is 9.81. The zero-order chi connectivity index (χ0) is 16.9. The Morgan fingerprint density at radius 3 is 2.71 bits per heavy atom. The van der Waals surface area contributed by atoms with Gasteiger partial charge in [-0.05, 0) is 30.2 Å². The number of rotatable bonds is 6. The van der Waals surface area contributed by atoms with Crippen LogP contribution in [0.2, 0.25) is 0 Å². The summed E-state index contributed by atoms with van der Waals surface area (Å²) in [5.41, 5.74) is 2.44. The van der Waals surface area contributed by atoms with Crippen molar-refractivity contribution in [3.05, 3.63) is 59.9 Å². The maximum atomic E-state index is 12.9. The molecular formula is C20H22N2O2. The third kappa shape index (κ3) is 3.37. The molecule has 1 N–H and O–H groups in total. The van der Waals surface area contributed by atoms with Gasteiger partial charge in [-0.2, -0.15) is 0 Å². The number of hydrogen-bond donors (Lipinski definition) is 1. The van der Waals surface area contributed by atoms with Crippen molar-refractivity contribution in [2.24, 2.45) is 0 Å². The predicted octanol–water partition coefficient (Wildman–Crippen LogP) is 3.99. The fraction of sp³-hybridized carbons (Fsp3) is 0.350. The molecule has 1 aromatic carbocycles. The van der Waals surface area contributed by atoms with Crippen LogP contribution in [-0.2, 0) is 4.79 Å². The van der Waals surface area contributed by atoms with Gasteiger partial charge < -0.3 is 5.32 Å². The summed E-state index contributed by atoms with van der Waals surface area (Å²) in [6, 6.07) is 12.7. The molecule has 2 heterocycles. The van der Waals surface area contributed by atoms with Crippen LogP contribution in [0, 0.1) is 0 Å². The summed E-state index contributed by atoms with van der Waals surface area (Å²) in [6.07, 6.45) is 4.64. The summed E-state index contributed by atoms with van der Waals surface area (Å²) in [5.74, 6) is -0.106. The molecule has 0 bridgehead atoms. The van der Waals surface area contributed by atoms with Gasteiger partial charge in [0.05, 0.1) is 6.04 Å². The number of Topliss-reactive ketones (excluding diaryl/α,β-unsaturated/α-hetero) is 2. The zero-order valence-corrected chi connectivity index (χ0v) is 13.9. The first-order valence-corrected chi connectivity index (χ1v) is 8.54. The van der Waals surface area contributed by atoms with Crippen LogP contribution in [0.3, 0.4) is 0 Å². The van der Waals surface area contributed by atoms with E-state index >= 15 is 0 Å². The number of anilines is 1. The van der Waals surface area contributed by atoms with Crippen molar-refractivity contribution in [2.45, 2.75) is 44.6 Å². The Bertz CT molecular complexity index is 727. The molecule has 0 spiro atoms. The van der Waals surface area contributed by atoms with E-state index in [2.05, 4.69) is 17.2 Å². The summed E-state index contributed by atoms with van der Waals surface area (Å²) in [7, 11) is 0. The minimum Gasteiger partial charge on any atom is -0.375 e. The van der Waals surface area contributed by atoms with Gasteiger partial charge in [-0.1, -0.05) is 44.0 Å². The molecule has 1 aliphatic rings. The number of fused-ring (bicyclic) bond motifs is 1. The van der Waals surface area contributed by atoms with Crippen LogP contribution >= 0.6 is 0 Å². The van der Waals surface area contributed by atoms with Crippen LogP contribution in [0.4, 0.5) is 5.69 Å². The van der Waals surface area contributed by atoms with E-state index in [-0.39, 0.29) is 23.9 Å². The van der Waals surface area contributed by atoms with Crippen molar-refractivity contribution in [3.8, 4) is 0 Å². The number of para-hydroxylation sites is 1. The zero-order valence-electron chi connectivity index (χ0n) is 13.9. The Morgan fingerprint density at radius 1 is 1.17 bits per heavy atom. The van der Waals surface area contributed by atoms with Gasteiger partial charge in [-0.3, -0.25) is 14.6 Å². The summed E-state index contributed by atoms with van der Waals surface area (Å²) in [5, 5.41) is 3.26. The van der Waals surface area contributed by atoms with Crippen LogP contribution in [0.1, 0.15) is 54.6 Å². The highest BCUT2D eigenvalue weighted by atomic mass is 16.1. The second-order valence-electron chi connectivity index (χ2n) is 6.22. The van der Waals surface area contributed by atoms with E-state index in [4.69, 9.17) is 0 Å². The highest BCUT2D eigenvalue weighted by Crippen LogP contribution is 2.36. The molecule has 3 rings (SSSR count). The Kier molecular flexibility index (Phi) is 5.04. The molecule has 124 valence electrons. The fourth-order valence-electron chi connectivity index (χ4n) is 3.26. The number of nitrogens with zero attached hydrogens (tertiary/aromatic N) is 1. The molecule has 24 heavy (non-hydrogen) atoms. The molecule has 4 heteroatoms. The number of unbranched alkanes of at least 4 members (excludes halogenated alkanes) is 1. The smallest absolute Gasteiger partial charge is 0.183 e.